The molecule has 0 aromatic carbocycles. The van der Waals surface area contributed by atoms with Gasteiger partial charge >= 0.3 is 0 Å². The molecule has 1 atom stereocenters. The Labute approximate surface area is 103 Å². The Balaban J connectivity index is 1.89. The van der Waals surface area contributed by atoms with Crippen molar-refractivity contribution in [2.24, 2.45) is 5.92 Å². The third-order valence-electron chi connectivity index (χ3n) is 2.65. The van der Waals surface area contributed by atoms with Crippen molar-refractivity contribution in [3.63, 3.8) is 0 Å². The molecule has 1 unspecified atom stereocenters. The summed E-state index contributed by atoms with van der Waals surface area (Å²) in [5.74, 6) is 1.09. The van der Waals surface area contributed by atoms with E-state index in [0.717, 1.165) is 24.0 Å². The molecule has 0 saturated carbocycles. The number of rotatable bonds is 3. The summed E-state index contributed by atoms with van der Waals surface area (Å²) in [4.78, 5) is 15.8. The molecule has 1 aliphatic rings. The second-order valence-electron chi connectivity index (χ2n) is 3.94. The van der Waals surface area contributed by atoms with Crippen LogP contribution in [0.5, 0.6) is 0 Å². The van der Waals surface area contributed by atoms with Crippen molar-refractivity contribution < 1.29 is 4.79 Å². The molecule has 4 nitrogen and oxygen atoms in total. The van der Waals surface area contributed by atoms with Gasteiger partial charge in [-0.05, 0) is 53.5 Å². The molecule has 5 heteroatoms. The quantitative estimate of drug-likeness (QED) is 0.889. The number of hydrogen-bond donors (Lipinski definition) is 2. The highest BCUT2D eigenvalue weighted by atomic mass is 79.9. The Morgan fingerprint density at radius 3 is 3.25 bits per heavy atom. The zero-order valence-corrected chi connectivity index (χ0v) is 10.5. The maximum absolute atomic E-state index is 11.7. The topological polar surface area (TPSA) is 54.0 Å². The molecule has 2 rings (SSSR count). The largest absolute Gasteiger partial charge is 0.316 e. The molecule has 16 heavy (non-hydrogen) atoms. The second kappa shape index (κ2) is 5.41. The van der Waals surface area contributed by atoms with Gasteiger partial charge in [-0.1, -0.05) is 0 Å². The lowest BCUT2D eigenvalue weighted by molar-refractivity contribution is -0.117. The number of amides is 1. The average Bonchev–Trinajstić information content (AvgIpc) is 2.74. The van der Waals surface area contributed by atoms with Gasteiger partial charge in [0.1, 0.15) is 5.82 Å². The van der Waals surface area contributed by atoms with Crippen LogP contribution in [0.25, 0.3) is 0 Å². The molecule has 86 valence electrons. The van der Waals surface area contributed by atoms with Crippen LogP contribution in [0, 0.1) is 5.92 Å². The first-order valence-corrected chi connectivity index (χ1v) is 6.16. The molecule has 1 aromatic heterocycles. The van der Waals surface area contributed by atoms with E-state index in [1.165, 1.54) is 0 Å². The third kappa shape index (κ3) is 3.02. The molecule has 1 amide bonds. The van der Waals surface area contributed by atoms with E-state index in [1.54, 1.807) is 6.20 Å². The lowest BCUT2D eigenvalue weighted by atomic mass is 10.0. The summed E-state index contributed by atoms with van der Waals surface area (Å²) < 4.78 is 0.813. The van der Waals surface area contributed by atoms with Crippen LogP contribution in [-0.4, -0.2) is 24.0 Å². The van der Waals surface area contributed by atoms with E-state index < -0.39 is 0 Å². The maximum Gasteiger partial charge on any atom is 0.225 e. The Morgan fingerprint density at radius 2 is 2.56 bits per heavy atom. The van der Waals surface area contributed by atoms with Gasteiger partial charge in [0.25, 0.3) is 0 Å². The number of anilines is 1. The standard InChI is InChI=1S/C11H14BrN3O/c12-9-2-1-4-14-11(9)15-10(16)6-8-3-5-13-7-8/h1-2,4,8,13H,3,5-7H2,(H,14,15,16). The van der Waals surface area contributed by atoms with E-state index in [9.17, 15) is 4.79 Å². The fraction of sp³-hybridized carbons (Fsp3) is 0.455. The zero-order chi connectivity index (χ0) is 11.4. The molecular formula is C11H14BrN3O. The zero-order valence-electron chi connectivity index (χ0n) is 8.87. The molecule has 1 saturated heterocycles. The predicted molar refractivity (Wildman–Crippen MR) is 66.2 cm³/mol. The van der Waals surface area contributed by atoms with Crippen LogP contribution in [0.2, 0.25) is 0 Å². The number of carbonyl (C=O) groups is 1. The van der Waals surface area contributed by atoms with Crippen LogP contribution in [0.4, 0.5) is 5.82 Å². The van der Waals surface area contributed by atoms with Crippen LogP contribution in [0.3, 0.4) is 0 Å². The van der Waals surface area contributed by atoms with Gasteiger partial charge in [-0.25, -0.2) is 4.98 Å². The fourth-order valence-electron chi connectivity index (χ4n) is 1.81. The van der Waals surface area contributed by atoms with Crippen molar-refractivity contribution in [3.8, 4) is 0 Å². The molecular weight excluding hydrogens is 270 g/mol. The second-order valence-corrected chi connectivity index (χ2v) is 4.80. The van der Waals surface area contributed by atoms with Crippen molar-refractivity contribution >= 4 is 27.7 Å². The number of nitrogens with one attached hydrogen (secondary N) is 2. The Bertz CT molecular complexity index is 377. The fourth-order valence-corrected chi connectivity index (χ4v) is 2.17. The lowest BCUT2D eigenvalue weighted by Gasteiger charge is -2.09. The van der Waals surface area contributed by atoms with Crippen molar-refractivity contribution in [1.29, 1.82) is 0 Å². The van der Waals surface area contributed by atoms with E-state index in [-0.39, 0.29) is 5.91 Å². The molecule has 1 aromatic rings. The summed E-state index contributed by atoms with van der Waals surface area (Å²) in [6.45, 7) is 1.96. The van der Waals surface area contributed by atoms with Gasteiger partial charge in [-0.15, -0.1) is 0 Å². The number of halogens is 1. The average molecular weight is 284 g/mol. The summed E-state index contributed by atoms with van der Waals surface area (Å²) >= 11 is 3.35. The van der Waals surface area contributed by atoms with Crippen molar-refractivity contribution in [3.05, 3.63) is 22.8 Å². The van der Waals surface area contributed by atoms with Crippen molar-refractivity contribution in [1.82, 2.24) is 10.3 Å². The van der Waals surface area contributed by atoms with Gasteiger partial charge in [0, 0.05) is 12.6 Å². The molecule has 1 fully saturated rings. The van der Waals surface area contributed by atoms with Crippen LogP contribution >= 0.6 is 15.9 Å². The van der Waals surface area contributed by atoms with Gasteiger partial charge in [0.2, 0.25) is 5.91 Å². The number of aromatic nitrogens is 1. The van der Waals surface area contributed by atoms with E-state index >= 15 is 0 Å². The summed E-state index contributed by atoms with van der Waals surface area (Å²) in [5.41, 5.74) is 0. The van der Waals surface area contributed by atoms with E-state index in [4.69, 9.17) is 0 Å². The first-order valence-electron chi connectivity index (χ1n) is 5.37. The first kappa shape index (κ1) is 11.5. The van der Waals surface area contributed by atoms with Gasteiger partial charge < -0.3 is 10.6 Å². The summed E-state index contributed by atoms with van der Waals surface area (Å²) in [6, 6.07) is 3.68. The highest BCUT2D eigenvalue weighted by molar-refractivity contribution is 9.10. The van der Waals surface area contributed by atoms with Gasteiger partial charge in [-0.3, -0.25) is 4.79 Å². The highest BCUT2D eigenvalue weighted by Gasteiger charge is 2.18. The molecule has 0 radical (unpaired) electrons. The highest BCUT2D eigenvalue weighted by Crippen LogP contribution is 2.19. The number of hydrogen-bond acceptors (Lipinski definition) is 3. The minimum Gasteiger partial charge on any atom is -0.316 e. The van der Waals surface area contributed by atoms with Crippen LogP contribution in [0.15, 0.2) is 22.8 Å². The number of pyridine rings is 1. The van der Waals surface area contributed by atoms with Crippen molar-refractivity contribution in [2.75, 3.05) is 18.4 Å². The monoisotopic (exact) mass is 283 g/mol. The van der Waals surface area contributed by atoms with E-state index in [2.05, 4.69) is 31.5 Å². The number of nitrogens with zero attached hydrogens (tertiary/aromatic N) is 1. The molecule has 2 heterocycles. The number of carbonyl (C=O) groups excluding carboxylic acids is 1. The third-order valence-corrected chi connectivity index (χ3v) is 3.29. The Morgan fingerprint density at radius 1 is 1.69 bits per heavy atom. The van der Waals surface area contributed by atoms with E-state index in [1.807, 2.05) is 12.1 Å². The summed E-state index contributed by atoms with van der Waals surface area (Å²) in [6.07, 6.45) is 3.31. The maximum atomic E-state index is 11.7. The first-order chi connectivity index (χ1) is 7.75. The smallest absolute Gasteiger partial charge is 0.225 e. The Hall–Kier alpha value is -0.940. The minimum absolute atomic E-state index is 0.0353. The summed E-state index contributed by atoms with van der Waals surface area (Å²) in [7, 11) is 0. The van der Waals surface area contributed by atoms with Crippen molar-refractivity contribution in [2.45, 2.75) is 12.8 Å². The molecule has 0 aliphatic carbocycles. The van der Waals surface area contributed by atoms with E-state index in [0.29, 0.717) is 18.2 Å². The van der Waals surface area contributed by atoms with Gasteiger partial charge in [0.15, 0.2) is 0 Å². The molecule has 0 spiro atoms. The van der Waals surface area contributed by atoms with Gasteiger partial charge in [-0.2, -0.15) is 0 Å². The molecule has 0 bridgehead atoms. The lowest BCUT2D eigenvalue weighted by Crippen LogP contribution is -2.19. The Kier molecular flexibility index (Phi) is 3.90. The SMILES string of the molecule is O=C(CC1CCNC1)Nc1ncccc1Br. The molecule has 1 aliphatic heterocycles. The normalized spacial score (nSPS) is 19.7. The minimum atomic E-state index is 0.0353. The van der Waals surface area contributed by atoms with Crippen LogP contribution < -0.4 is 10.6 Å². The predicted octanol–water partition coefficient (Wildman–Crippen LogP) is 1.78. The van der Waals surface area contributed by atoms with Crippen LogP contribution in [-0.2, 0) is 4.79 Å². The van der Waals surface area contributed by atoms with Gasteiger partial charge in [0.05, 0.1) is 4.47 Å². The summed E-state index contributed by atoms with van der Waals surface area (Å²) in [5, 5.41) is 6.06. The van der Waals surface area contributed by atoms with Crippen LogP contribution in [0.1, 0.15) is 12.8 Å². The molecule has 2 N–H and O–H groups in total.